The molecule has 1 heterocycles. The van der Waals surface area contributed by atoms with Crippen LogP contribution in [0.5, 0.6) is 0 Å². The highest BCUT2D eigenvalue weighted by molar-refractivity contribution is 7.97. The minimum Gasteiger partial charge on any atom is -0.250 e. The Morgan fingerprint density at radius 2 is 2.17 bits per heavy atom. The van der Waals surface area contributed by atoms with Crippen molar-refractivity contribution in [2.45, 2.75) is 40.0 Å². The Labute approximate surface area is 81.0 Å². The van der Waals surface area contributed by atoms with E-state index in [9.17, 15) is 0 Å². The molecule has 1 saturated heterocycles. The summed E-state index contributed by atoms with van der Waals surface area (Å²) in [4.78, 5) is 0. The van der Waals surface area contributed by atoms with Crippen LogP contribution in [0.15, 0.2) is 0 Å². The summed E-state index contributed by atoms with van der Waals surface area (Å²) in [5.74, 6) is 1.29. The molecule has 0 bridgehead atoms. The summed E-state index contributed by atoms with van der Waals surface area (Å²) in [6.45, 7) is 9.59. The van der Waals surface area contributed by atoms with Gasteiger partial charge in [-0.25, -0.2) is 0 Å². The van der Waals surface area contributed by atoms with Gasteiger partial charge in [0.1, 0.15) is 0 Å². The molecule has 0 atom stereocenters. The summed E-state index contributed by atoms with van der Waals surface area (Å²) in [7, 11) is 0. The molecule has 0 saturated carbocycles. The van der Waals surface area contributed by atoms with Crippen LogP contribution in [0.1, 0.15) is 40.0 Å². The van der Waals surface area contributed by atoms with Gasteiger partial charge in [0.25, 0.3) is 0 Å². The monoisotopic (exact) mass is 187 g/mol. The van der Waals surface area contributed by atoms with E-state index < -0.39 is 0 Å². The molecule has 0 aromatic heterocycles. The van der Waals surface area contributed by atoms with Crippen molar-refractivity contribution in [3.05, 3.63) is 0 Å². The van der Waals surface area contributed by atoms with Gasteiger partial charge in [0.2, 0.25) is 0 Å². The van der Waals surface area contributed by atoms with E-state index in [1.807, 2.05) is 11.9 Å². The molecule has 0 aromatic carbocycles. The number of hydrogen-bond donors (Lipinski definition) is 0. The third kappa shape index (κ3) is 3.36. The zero-order valence-corrected chi connectivity index (χ0v) is 9.41. The van der Waals surface area contributed by atoms with Crippen molar-refractivity contribution in [1.82, 2.24) is 4.31 Å². The minimum atomic E-state index is 0.555. The standard InChI is InChI=1S/C10H21NS/c1-4-8-12-11-7-5-6-10(2,3)9-11/h4-9H2,1-3H3. The van der Waals surface area contributed by atoms with E-state index in [2.05, 4.69) is 25.1 Å². The summed E-state index contributed by atoms with van der Waals surface area (Å²) in [5, 5.41) is 0. The van der Waals surface area contributed by atoms with Gasteiger partial charge in [-0.1, -0.05) is 32.7 Å². The van der Waals surface area contributed by atoms with Crippen molar-refractivity contribution >= 4 is 11.9 Å². The lowest BCUT2D eigenvalue weighted by Crippen LogP contribution is -2.36. The summed E-state index contributed by atoms with van der Waals surface area (Å²) < 4.78 is 2.55. The normalized spacial score (nSPS) is 24.2. The van der Waals surface area contributed by atoms with Gasteiger partial charge in [-0.2, -0.15) is 0 Å². The first-order valence-corrected chi connectivity index (χ1v) is 5.96. The minimum absolute atomic E-state index is 0.555. The maximum absolute atomic E-state index is 2.55. The van der Waals surface area contributed by atoms with E-state index in [-0.39, 0.29) is 0 Å². The molecule has 12 heavy (non-hydrogen) atoms. The molecular weight excluding hydrogens is 166 g/mol. The predicted molar refractivity (Wildman–Crippen MR) is 57.3 cm³/mol. The fraction of sp³-hybridized carbons (Fsp3) is 1.00. The SMILES string of the molecule is CCCSN1CCCC(C)(C)C1. The van der Waals surface area contributed by atoms with Gasteiger partial charge in [-0.3, -0.25) is 4.31 Å². The van der Waals surface area contributed by atoms with Crippen molar-refractivity contribution < 1.29 is 0 Å². The summed E-state index contributed by atoms with van der Waals surface area (Å²) in [6.07, 6.45) is 4.07. The van der Waals surface area contributed by atoms with Gasteiger partial charge in [-0.05, 0) is 24.7 Å². The maximum atomic E-state index is 2.55. The van der Waals surface area contributed by atoms with Crippen molar-refractivity contribution in [1.29, 1.82) is 0 Å². The van der Waals surface area contributed by atoms with Crippen molar-refractivity contribution in [2.75, 3.05) is 18.8 Å². The van der Waals surface area contributed by atoms with Crippen LogP contribution in [-0.4, -0.2) is 23.1 Å². The number of rotatable bonds is 3. The molecule has 0 spiro atoms. The highest BCUT2D eigenvalue weighted by atomic mass is 32.2. The fourth-order valence-electron chi connectivity index (χ4n) is 1.70. The first kappa shape index (κ1) is 10.4. The van der Waals surface area contributed by atoms with Crippen molar-refractivity contribution in [2.24, 2.45) is 5.41 Å². The Kier molecular flexibility index (Phi) is 3.91. The lowest BCUT2D eigenvalue weighted by Gasteiger charge is -2.37. The average molecular weight is 187 g/mol. The Balaban J connectivity index is 2.26. The second-order valence-electron chi connectivity index (χ2n) is 4.46. The molecule has 1 aliphatic rings. The molecule has 0 unspecified atom stereocenters. The second-order valence-corrected chi connectivity index (χ2v) is 5.65. The molecule has 0 N–H and O–H groups in total. The molecule has 1 aliphatic heterocycles. The first-order valence-electron chi connectivity index (χ1n) is 5.02. The van der Waals surface area contributed by atoms with Crippen LogP contribution in [0.4, 0.5) is 0 Å². The lowest BCUT2D eigenvalue weighted by atomic mass is 9.85. The van der Waals surface area contributed by atoms with Crippen LogP contribution in [-0.2, 0) is 0 Å². The van der Waals surface area contributed by atoms with Crippen molar-refractivity contribution in [3.63, 3.8) is 0 Å². The van der Waals surface area contributed by atoms with E-state index in [0.29, 0.717) is 5.41 Å². The summed E-state index contributed by atoms with van der Waals surface area (Å²) >= 11 is 2.03. The molecule has 1 nitrogen and oxygen atoms in total. The largest absolute Gasteiger partial charge is 0.250 e. The molecule has 2 heteroatoms. The van der Waals surface area contributed by atoms with Gasteiger partial charge in [0, 0.05) is 18.8 Å². The third-order valence-electron chi connectivity index (χ3n) is 2.34. The van der Waals surface area contributed by atoms with Crippen LogP contribution >= 0.6 is 11.9 Å². The zero-order valence-electron chi connectivity index (χ0n) is 8.60. The first-order chi connectivity index (χ1) is 5.64. The topological polar surface area (TPSA) is 3.24 Å². The Morgan fingerprint density at radius 1 is 1.42 bits per heavy atom. The number of hydrogen-bond acceptors (Lipinski definition) is 2. The number of piperidine rings is 1. The predicted octanol–water partition coefficient (Wildman–Crippen LogP) is 3.17. The van der Waals surface area contributed by atoms with Gasteiger partial charge >= 0.3 is 0 Å². The van der Waals surface area contributed by atoms with E-state index in [0.717, 1.165) is 0 Å². The van der Waals surface area contributed by atoms with Crippen LogP contribution in [0, 0.1) is 5.41 Å². The van der Waals surface area contributed by atoms with Crippen LogP contribution in [0.25, 0.3) is 0 Å². The van der Waals surface area contributed by atoms with E-state index >= 15 is 0 Å². The van der Waals surface area contributed by atoms with E-state index in [4.69, 9.17) is 0 Å². The molecule has 0 radical (unpaired) electrons. The van der Waals surface area contributed by atoms with Crippen LogP contribution in [0.2, 0.25) is 0 Å². The Hall–Kier alpha value is 0.310. The highest BCUT2D eigenvalue weighted by Crippen LogP contribution is 2.31. The van der Waals surface area contributed by atoms with Gasteiger partial charge in [0.15, 0.2) is 0 Å². The summed E-state index contributed by atoms with van der Waals surface area (Å²) in [5.41, 5.74) is 0.555. The summed E-state index contributed by atoms with van der Waals surface area (Å²) in [6, 6.07) is 0. The number of nitrogens with zero attached hydrogens (tertiary/aromatic N) is 1. The molecule has 1 rings (SSSR count). The highest BCUT2D eigenvalue weighted by Gasteiger charge is 2.26. The van der Waals surface area contributed by atoms with Crippen LogP contribution < -0.4 is 0 Å². The van der Waals surface area contributed by atoms with Crippen LogP contribution in [0.3, 0.4) is 0 Å². The lowest BCUT2D eigenvalue weighted by molar-refractivity contribution is 0.198. The molecule has 0 amide bonds. The van der Waals surface area contributed by atoms with Crippen molar-refractivity contribution in [3.8, 4) is 0 Å². The van der Waals surface area contributed by atoms with E-state index in [1.54, 1.807) is 0 Å². The van der Waals surface area contributed by atoms with Gasteiger partial charge in [-0.15, -0.1) is 0 Å². The van der Waals surface area contributed by atoms with Gasteiger partial charge in [0.05, 0.1) is 0 Å². The molecule has 0 aromatic rings. The molecule has 0 aliphatic carbocycles. The molecule has 1 fully saturated rings. The second kappa shape index (κ2) is 4.52. The quantitative estimate of drug-likeness (QED) is 0.624. The smallest absolute Gasteiger partial charge is 0.0141 e. The average Bonchev–Trinajstić information content (AvgIpc) is 1.99. The zero-order chi connectivity index (χ0) is 9.03. The van der Waals surface area contributed by atoms with E-state index in [1.165, 1.54) is 38.1 Å². The molecule has 72 valence electrons. The maximum Gasteiger partial charge on any atom is 0.0141 e. The Bertz CT molecular complexity index is 134. The molecular formula is C10H21NS. The fourth-order valence-corrected chi connectivity index (χ4v) is 2.84. The third-order valence-corrected chi connectivity index (χ3v) is 3.61. The Morgan fingerprint density at radius 3 is 2.75 bits per heavy atom. The van der Waals surface area contributed by atoms with Gasteiger partial charge < -0.3 is 0 Å².